The van der Waals surface area contributed by atoms with Crippen LogP contribution >= 0.6 is 34.8 Å². The summed E-state index contributed by atoms with van der Waals surface area (Å²) >= 11 is 17.7. The van der Waals surface area contributed by atoms with Crippen LogP contribution in [-0.4, -0.2) is 32.8 Å². The molecule has 0 spiro atoms. The number of esters is 1. The number of benzene rings is 2. The van der Waals surface area contributed by atoms with Crippen LogP contribution in [0.25, 0.3) is 5.69 Å². The van der Waals surface area contributed by atoms with Crippen molar-refractivity contribution in [1.29, 1.82) is 0 Å². The minimum absolute atomic E-state index is 0.238. The molecule has 7 nitrogen and oxygen atoms in total. The van der Waals surface area contributed by atoms with Crippen LogP contribution in [0.5, 0.6) is 11.5 Å². The number of hydrogen-bond donors (Lipinski definition) is 0. The van der Waals surface area contributed by atoms with Crippen LogP contribution < -0.4 is 9.47 Å². The molecule has 0 N–H and O–H groups in total. The van der Waals surface area contributed by atoms with Gasteiger partial charge >= 0.3 is 5.97 Å². The molecule has 0 bridgehead atoms. The summed E-state index contributed by atoms with van der Waals surface area (Å²) in [6, 6.07) is 9.50. The predicted octanol–water partition coefficient (Wildman–Crippen LogP) is 3.61. The van der Waals surface area contributed by atoms with Gasteiger partial charge in [0.2, 0.25) is 0 Å². The fourth-order valence-corrected chi connectivity index (χ4v) is 2.45. The first-order chi connectivity index (χ1) is 12.0. The van der Waals surface area contributed by atoms with Gasteiger partial charge in [0.05, 0.1) is 20.8 Å². The van der Waals surface area contributed by atoms with E-state index >= 15 is 0 Å². The smallest absolute Gasteiger partial charge is 0.349 e. The molecule has 1 heterocycles. The van der Waals surface area contributed by atoms with E-state index in [4.69, 9.17) is 44.3 Å². The highest BCUT2D eigenvalue weighted by atomic mass is 35.5. The third-order valence-corrected chi connectivity index (χ3v) is 4.02. The van der Waals surface area contributed by atoms with Crippen molar-refractivity contribution in [3.63, 3.8) is 0 Å². The van der Waals surface area contributed by atoms with Crippen LogP contribution in [0.3, 0.4) is 0 Å². The van der Waals surface area contributed by atoms with Crippen LogP contribution in [0.4, 0.5) is 0 Å². The van der Waals surface area contributed by atoms with Crippen LogP contribution in [0.2, 0.25) is 15.1 Å². The quantitative estimate of drug-likeness (QED) is 0.370. The number of carbonyl (C=O) groups excluding carboxylic acids is 1. The minimum Gasteiger partial charge on any atom is -0.480 e. The summed E-state index contributed by atoms with van der Waals surface area (Å²) in [5.74, 6) is -0.00924. The Morgan fingerprint density at radius 1 is 1.04 bits per heavy atom. The summed E-state index contributed by atoms with van der Waals surface area (Å²) in [5.41, 5.74) is 0.726. The van der Waals surface area contributed by atoms with E-state index in [1.807, 2.05) is 0 Å². The third-order valence-electron chi connectivity index (χ3n) is 3.00. The second kappa shape index (κ2) is 7.69. The Labute approximate surface area is 157 Å². The Bertz CT molecular complexity index is 886. The van der Waals surface area contributed by atoms with Crippen molar-refractivity contribution in [3.8, 4) is 17.2 Å². The first-order valence-corrected chi connectivity index (χ1v) is 7.98. The lowest BCUT2D eigenvalue weighted by Crippen LogP contribution is -2.17. The van der Waals surface area contributed by atoms with E-state index in [2.05, 4.69) is 15.5 Å². The first-order valence-electron chi connectivity index (χ1n) is 6.84. The molecule has 2 aromatic carbocycles. The van der Waals surface area contributed by atoms with Crippen molar-refractivity contribution in [3.05, 3.63) is 57.8 Å². The molecular weight excluding hydrogens is 391 g/mol. The van der Waals surface area contributed by atoms with Crippen molar-refractivity contribution < 1.29 is 14.3 Å². The van der Waals surface area contributed by atoms with Gasteiger partial charge in [0, 0.05) is 6.07 Å². The minimum atomic E-state index is -0.600. The monoisotopic (exact) mass is 398 g/mol. The molecular formula is C15H9Cl3N4O3. The van der Waals surface area contributed by atoms with Gasteiger partial charge in [0.1, 0.15) is 17.8 Å². The van der Waals surface area contributed by atoms with Crippen LogP contribution in [0.15, 0.2) is 42.7 Å². The van der Waals surface area contributed by atoms with E-state index in [1.54, 1.807) is 24.3 Å². The molecule has 0 saturated heterocycles. The standard InChI is InChI=1S/C15H9Cl3N4O3/c16-11-5-13(18)14(6-12(11)17)24-7-15(23)25-10-3-1-9(2-4-10)22-8-19-20-21-22/h1-6,8H,7H2. The van der Waals surface area contributed by atoms with E-state index < -0.39 is 5.97 Å². The highest BCUT2D eigenvalue weighted by molar-refractivity contribution is 6.43. The fraction of sp³-hybridized carbons (Fsp3) is 0.0667. The highest BCUT2D eigenvalue weighted by Gasteiger charge is 2.11. The van der Waals surface area contributed by atoms with Gasteiger partial charge < -0.3 is 9.47 Å². The zero-order valence-electron chi connectivity index (χ0n) is 12.4. The van der Waals surface area contributed by atoms with Gasteiger partial charge in [-0.3, -0.25) is 0 Å². The molecule has 0 aliphatic rings. The average molecular weight is 400 g/mol. The maximum absolute atomic E-state index is 11.9. The molecule has 0 aliphatic carbocycles. The molecule has 0 radical (unpaired) electrons. The predicted molar refractivity (Wildman–Crippen MR) is 91.8 cm³/mol. The van der Waals surface area contributed by atoms with Crippen molar-refractivity contribution in [2.45, 2.75) is 0 Å². The maximum atomic E-state index is 11.9. The largest absolute Gasteiger partial charge is 0.480 e. The SMILES string of the molecule is O=C(COc1cc(Cl)c(Cl)cc1Cl)Oc1ccc(-n2cnnn2)cc1. The molecule has 0 amide bonds. The number of aromatic nitrogens is 4. The van der Waals surface area contributed by atoms with E-state index in [-0.39, 0.29) is 22.4 Å². The van der Waals surface area contributed by atoms with Gasteiger partial charge in [-0.05, 0) is 40.8 Å². The summed E-state index contributed by atoms with van der Waals surface area (Å²) < 4.78 is 12.0. The van der Waals surface area contributed by atoms with Gasteiger partial charge in [-0.15, -0.1) is 5.10 Å². The summed E-state index contributed by atoms with van der Waals surface area (Å²) in [5, 5.41) is 11.7. The molecule has 1 aromatic heterocycles. The zero-order chi connectivity index (χ0) is 17.8. The van der Waals surface area contributed by atoms with Crippen molar-refractivity contribution in [1.82, 2.24) is 20.2 Å². The number of nitrogens with zero attached hydrogens (tertiary/aromatic N) is 4. The number of ether oxygens (including phenoxy) is 2. The molecule has 0 aliphatic heterocycles. The zero-order valence-corrected chi connectivity index (χ0v) is 14.7. The number of hydrogen-bond acceptors (Lipinski definition) is 6. The molecule has 0 saturated carbocycles. The Morgan fingerprint density at radius 3 is 2.44 bits per heavy atom. The Balaban J connectivity index is 1.58. The van der Waals surface area contributed by atoms with Gasteiger partial charge in [-0.25, -0.2) is 9.48 Å². The fourth-order valence-electron chi connectivity index (χ4n) is 1.86. The number of carbonyl (C=O) groups is 1. The number of tetrazole rings is 1. The van der Waals surface area contributed by atoms with Gasteiger partial charge in [0.25, 0.3) is 0 Å². The average Bonchev–Trinajstić information content (AvgIpc) is 3.12. The summed E-state index contributed by atoms with van der Waals surface area (Å²) in [4.78, 5) is 11.9. The van der Waals surface area contributed by atoms with Gasteiger partial charge in [-0.2, -0.15) is 0 Å². The third kappa shape index (κ3) is 4.39. The molecule has 0 fully saturated rings. The van der Waals surface area contributed by atoms with Crippen LogP contribution in [-0.2, 0) is 4.79 Å². The molecule has 0 atom stereocenters. The number of rotatable bonds is 5. The van der Waals surface area contributed by atoms with Crippen molar-refractivity contribution in [2.24, 2.45) is 0 Å². The molecule has 3 rings (SSSR count). The van der Waals surface area contributed by atoms with Crippen LogP contribution in [0.1, 0.15) is 0 Å². The maximum Gasteiger partial charge on any atom is 0.349 e. The molecule has 25 heavy (non-hydrogen) atoms. The Hall–Kier alpha value is -2.35. The topological polar surface area (TPSA) is 79.1 Å². The van der Waals surface area contributed by atoms with E-state index in [0.29, 0.717) is 10.8 Å². The molecule has 128 valence electrons. The highest BCUT2D eigenvalue weighted by Crippen LogP contribution is 2.33. The second-order valence-corrected chi connectivity index (χ2v) is 5.93. The first kappa shape index (κ1) is 17.5. The summed E-state index contributed by atoms with van der Waals surface area (Å²) in [7, 11) is 0. The second-order valence-electron chi connectivity index (χ2n) is 4.71. The van der Waals surface area contributed by atoms with Crippen molar-refractivity contribution in [2.75, 3.05) is 6.61 Å². The lowest BCUT2D eigenvalue weighted by molar-refractivity contribution is -0.136. The van der Waals surface area contributed by atoms with Gasteiger partial charge in [-0.1, -0.05) is 34.8 Å². The van der Waals surface area contributed by atoms with E-state index in [0.717, 1.165) is 5.69 Å². The lowest BCUT2D eigenvalue weighted by Gasteiger charge is -2.09. The van der Waals surface area contributed by atoms with E-state index in [1.165, 1.54) is 23.1 Å². The number of halogens is 3. The normalized spacial score (nSPS) is 10.5. The lowest BCUT2D eigenvalue weighted by atomic mass is 10.3. The van der Waals surface area contributed by atoms with E-state index in [9.17, 15) is 4.79 Å². The Morgan fingerprint density at radius 2 is 1.76 bits per heavy atom. The van der Waals surface area contributed by atoms with Gasteiger partial charge in [0.15, 0.2) is 6.61 Å². The molecule has 3 aromatic rings. The molecule has 0 unspecified atom stereocenters. The summed E-state index contributed by atoms with van der Waals surface area (Å²) in [6.07, 6.45) is 1.45. The molecule has 10 heteroatoms. The Kier molecular flexibility index (Phi) is 5.37. The summed E-state index contributed by atoms with van der Waals surface area (Å²) in [6.45, 7) is -0.341. The van der Waals surface area contributed by atoms with Crippen LogP contribution in [0, 0.1) is 0 Å². The van der Waals surface area contributed by atoms with Crippen molar-refractivity contribution >= 4 is 40.8 Å².